The number of carbonyl (C=O) groups excluding carboxylic acids is 1. The standard InChI is InChI=1S/C13H16ClNO3/c1-8-13(2,5-6-18-8)15-12(17)9-3-4-11(16)10(14)7-9/h3-4,7-8,16H,5-6H2,1-2H3,(H,15,17). The summed E-state index contributed by atoms with van der Waals surface area (Å²) in [7, 11) is 0. The van der Waals surface area contributed by atoms with Crippen molar-refractivity contribution >= 4 is 17.5 Å². The van der Waals surface area contributed by atoms with Gasteiger partial charge in [0, 0.05) is 12.2 Å². The lowest BCUT2D eigenvalue weighted by Crippen LogP contribution is -2.50. The summed E-state index contributed by atoms with van der Waals surface area (Å²) in [5.74, 6) is -0.242. The molecule has 1 aliphatic rings. The number of hydrogen-bond acceptors (Lipinski definition) is 3. The second-order valence-electron chi connectivity index (χ2n) is 4.80. The number of amides is 1. The molecule has 0 bridgehead atoms. The van der Waals surface area contributed by atoms with Gasteiger partial charge in [0.25, 0.3) is 5.91 Å². The van der Waals surface area contributed by atoms with E-state index in [1.807, 2.05) is 13.8 Å². The van der Waals surface area contributed by atoms with E-state index < -0.39 is 0 Å². The number of carbonyl (C=O) groups is 1. The summed E-state index contributed by atoms with van der Waals surface area (Å²) in [5, 5.41) is 12.5. The first kappa shape index (κ1) is 13.2. The summed E-state index contributed by atoms with van der Waals surface area (Å²) < 4.78 is 5.47. The number of benzene rings is 1. The van der Waals surface area contributed by atoms with Crippen LogP contribution in [0.3, 0.4) is 0 Å². The van der Waals surface area contributed by atoms with Crippen LogP contribution in [0.1, 0.15) is 30.6 Å². The van der Waals surface area contributed by atoms with Crippen molar-refractivity contribution in [3.63, 3.8) is 0 Å². The molecule has 1 aromatic carbocycles. The highest BCUT2D eigenvalue weighted by molar-refractivity contribution is 6.32. The fourth-order valence-electron chi connectivity index (χ4n) is 1.98. The van der Waals surface area contributed by atoms with Crippen LogP contribution in [0, 0.1) is 0 Å². The van der Waals surface area contributed by atoms with Crippen molar-refractivity contribution in [1.82, 2.24) is 5.32 Å². The lowest BCUT2D eigenvalue weighted by molar-refractivity contribution is 0.0727. The summed E-state index contributed by atoms with van der Waals surface area (Å²) >= 11 is 5.78. The van der Waals surface area contributed by atoms with Crippen molar-refractivity contribution < 1.29 is 14.6 Å². The lowest BCUT2D eigenvalue weighted by atomic mass is 9.94. The molecule has 1 aliphatic heterocycles. The van der Waals surface area contributed by atoms with Crippen molar-refractivity contribution in [1.29, 1.82) is 0 Å². The first-order chi connectivity index (χ1) is 8.42. The number of aromatic hydroxyl groups is 1. The van der Waals surface area contributed by atoms with Crippen LogP contribution >= 0.6 is 11.6 Å². The molecule has 0 aliphatic carbocycles. The van der Waals surface area contributed by atoms with E-state index in [2.05, 4.69) is 5.32 Å². The smallest absolute Gasteiger partial charge is 0.251 e. The molecule has 2 rings (SSSR count). The molecule has 18 heavy (non-hydrogen) atoms. The van der Waals surface area contributed by atoms with Gasteiger partial charge in [-0.05, 0) is 38.5 Å². The molecule has 98 valence electrons. The molecule has 0 aromatic heterocycles. The molecular weight excluding hydrogens is 254 g/mol. The molecule has 5 heteroatoms. The van der Waals surface area contributed by atoms with Crippen LogP contribution in [-0.4, -0.2) is 29.3 Å². The maximum absolute atomic E-state index is 12.1. The Bertz CT molecular complexity index is 477. The summed E-state index contributed by atoms with van der Waals surface area (Å²) in [6, 6.07) is 4.41. The van der Waals surface area contributed by atoms with Gasteiger partial charge in [-0.1, -0.05) is 11.6 Å². The quantitative estimate of drug-likeness (QED) is 0.866. The van der Waals surface area contributed by atoms with E-state index in [0.717, 1.165) is 6.42 Å². The van der Waals surface area contributed by atoms with Gasteiger partial charge in [-0.25, -0.2) is 0 Å². The monoisotopic (exact) mass is 269 g/mol. The Kier molecular flexibility index (Phi) is 3.50. The fraction of sp³-hybridized carbons (Fsp3) is 0.462. The van der Waals surface area contributed by atoms with Gasteiger partial charge in [-0.15, -0.1) is 0 Å². The first-order valence-electron chi connectivity index (χ1n) is 5.85. The van der Waals surface area contributed by atoms with Crippen LogP contribution in [-0.2, 0) is 4.74 Å². The first-order valence-corrected chi connectivity index (χ1v) is 6.23. The minimum atomic E-state index is -0.360. The van der Waals surface area contributed by atoms with E-state index in [1.165, 1.54) is 12.1 Å². The van der Waals surface area contributed by atoms with E-state index in [1.54, 1.807) is 6.07 Å². The third kappa shape index (κ3) is 2.44. The zero-order chi connectivity index (χ0) is 13.3. The van der Waals surface area contributed by atoms with E-state index in [0.29, 0.717) is 12.2 Å². The van der Waals surface area contributed by atoms with Gasteiger partial charge in [-0.3, -0.25) is 4.79 Å². The van der Waals surface area contributed by atoms with Crippen LogP contribution in [0.4, 0.5) is 0 Å². The highest BCUT2D eigenvalue weighted by Gasteiger charge is 2.38. The number of hydrogen-bond donors (Lipinski definition) is 2. The molecule has 1 heterocycles. The number of halogens is 1. The zero-order valence-electron chi connectivity index (χ0n) is 10.4. The summed E-state index contributed by atoms with van der Waals surface area (Å²) in [6.45, 7) is 4.55. The second-order valence-corrected chi connectivity index (χ2v) is 5.21. The van der Waals surface area contributed by atoms with E-state index >= 15 is 0 Å². The zero-order valence-corrected chi connectivity index (χ0v) is 11.1. The Balaban J connectivity index is 2.14. The number of rotatable bonds is 2. The van der Waals surface area contributed by atoms with Gasteiger partial charge in [-0.2, -0.15) is 0 Å². The van der Waals surface area contributed by atoms with E-state index in [4.69, 9.17) is 16.3 Å². The van der Waals surface area contributed by atoms with E-state index in [-0.39, 0.29) is 28.3 Å². The minimum absolute atomic E-state index is 0.0194. The Hall–Kier alpha value is -1.26. The van der Waals surface area contributed by atoms with Crippen molar-refractivity contribution in [3.8, 4) is 5.75 Å². The third-order valence-corrected chi connectivity index (χ3v) is 3.80. The van der Waals surface area contributed by atoms with Crippen LogP contribution in [0.25, 0.3) is 0 Å². The Morgan fingerprint density at radius 2 is 2.33 bits per heavy atom. The summed E-state index contributed by atoms with van der Waals surface area (Å²) in [4.78, 5) is 12.1. The highest BCUT2D eigenvalue weighted by Crippen LogP contribution is 2.27. The van der Waals surface area contributed by atoms with Gasteiger partial charge in [0.05, 0.1) is 16.7 Å². The van der Waals surface area contributed by atoms with E-state index in [9.17, 15) is 9.90 Å². The molecule has 1 amide bonds. The van der Waals surface area contributed by atoms with Crippen LogP contribution < -0.4 is 5.32 Å². The van der Waals surface area contributed by atoms with Gasteiger partial charge >= 0.3 is 0 Å². The molecule has 4 nitrogen and oxygen atoms in total. The van der Waals surface area contributed by atoms with Crippen molar-refractivity contribution in [2.45, 2.75) is 31.9 Å². The molecule has 2 N–H and O–H groups in total. The molecule has 2 atom stereocenters. The molecule has 0 radical (unpaired) electrons. The van der Waals surface area contributed by atoms with Gasteiger partial charge in [0.2, 0.25) is 0 Å². The molecule has 2 unspecified atom stereocenters. The second kappa shape index (κ2) is 4.78. The Labute approximate surface area is 111 Å². The predicted molar refractivity (Wildman–Crippen MR) is 69.0 cm³/mol. The maximum atomic E-state index is 12.1. The minimum Gasteiger partial charge on any atom is -0.506 e. The molecule has 0 spiro atoms. The SMILES string of the molecule is CC1OCCC1(C)NC(=O)c1ccc(O)c(Cl)c1. The lowest BCUT2D eigenvalue weighted by Gasteiger charge is -2.28. The molecule has 1 aromatic rings. The fourth-order valence-corrected chi connectivity index (χ4v) is 2.16. The number of ether oxygens (including phenoxy) is 1. The van der Waals surface area contributed by atoms with Crippen LogP contribution in [0.5, 0.6) is 5.75 Å². The number of phenols is 1. The van der Waals surface area contributed by atoms with Crippen molar-refractivity contribution in [3.05, 3.63) is 28.8 Å². The summed E-state index contributed by atoms with van der Waals surface area (Å²) in [6.07, 6.45) is 0.764. The number of nitrogens with one attached hydrogen (secondary N) is 1. The largest absolute Gasteiger partial charge is 0.506 e. The Morgan fingerprint density at radius 3 is 2.89 bits per heavy atom. The predicted octanol–water partition coefficient (Wildman–Crippen LogP) is 2.34. The average Bonchev–Trinajstić information content (AvgIpc) is 2.63. The van der Waals surface area contributed by atoms with Crippen molar-refractivity contribution in [2.24, 2.45) is 0 Å². The number of phenolic OH excluding ortho intramolecular Hbond substituents is 1. The summed E-state index contributed by atoms with van der Waals surface area (Å²) in [5.41, 5.74) is 0.0691. The molecule has 1 saturated heterocycles. The maximum Gasteiger partial charge on any atom is 0.251 e. The average molecular weight is 270 g/mol. The topological polar surface area (TPSA) is 58.6 Å². The van der Waals surface area contributed by atoms with Crippen LogP contribution in [0.2, 0.25) is 5.02 Å². The highest BCUT2D eigenvalue weighted by atomic mass is 35.5. The normalized spacial score (nSPS) is 27.2. The van der Waals surface area contributed by atoms with Gasteiger partial charge in [0.15, 0.2) is 0 Å². The molecular formula is C13H16ClNO3. The van der Waals surface area contributed by atoms with Crippen LogP contribution in [0.15, 0.2) is 18.2 Å². The third-order valence-electron chi connectivity index (χ3n) is 3.50. The van der Waals surface area contributed by atoms with Gasteiger partial charge in [0.1, 0.15) is 5.75 Å². The molecule has 0 saturated carbocycles. The Morgan fingerprint density at radius 1 is 1.61 bits per heavy atom. The van der Waals surface area contributed by atoms with Crippen molar-refractivity contribution in [2.75, 3.05) is 6.61 Å². The molecule has 1 fully saturated rings. The van der Waals surface area contributed by atoms with Gasteiger partial charge < -0.3 is 15.2 Å².